The molecule has 178 valence electrons. The van der Waals surface area contributed by atoms with Crippen LogP contribution in [0.1, 0.15) is 11.4 Å². The van der Waals surface area contributed by atoms with Gasteiger partial charge in [-0.25, -0.2) is 19.5 Å². The SMILES string of the molecule is CN=CC(=CN)c1cc(-c2ccc(N3CCN(Cc4ncccn4)CC3)nc2)c2c(Cl)cnn2c1. The van der Waals surface area contributed by atoms with Gasteiger partial charge in [-0.15, -0.1) is 0 Å². The Morgan fingerprint density at radius 2 is 1.91 bits per heavy atom. The van der Waals surface area contributed by atoms with Crippen LogP contribution in [-0.2, 0) is 6.54 Å². The van der Waals surface area contributed by atoms with Gasteiger partial charge in [-0.1, -0.05) is 11.6 Å². The lowest BCUT2D eigenvalue weighted by Gasteiger charge is -2.35. The number of pyridine rings is 2. The molecule has 1 aliphatic rings. The van der Waals surface area contributed by atoms with Crippen molar-refractivity contribution in [1.29, 1.82) is 0 Å². The predicted molar refractivity (Wildman–Crippen MR) is 140 cm³/mol. The van der Waals surface area contributed by atoms with Gasteiger partial charge >= 0.3 is 0 Å². The van der Waals surface area contributed by atoms with Gasteiger partial charge in [0.05, 0.1) is 23.3 Å². The van der Waals surface area contributed by atoms with Crippen molar-refractivity contribution < 1.29 is 0 Å². The van der Waals surface area contributed by atoms with Gasteiger partial charge in [0.15, 0.2) is 0 Å². The van der Waals surface area contributed by atoms with Crippen molar-refractivity contribution in [2.24, 2.45) is 10.7 Å². The minimum absolute atomic E-state index is 0.580. The van der Waals surface area contributed by atoms with E-state index in [1.54, 1.807) is 36.4 Å². The van der Waals surface area contributed by atoms with Crippen LogP contribution in [0.15, 0.2) is 66.4 Å². The van der Waals surface area contributed by atoms with Crippen LogP contribution in [0.2, 0.25) is 5.02 Å². The molecule has 35 heavy (non-hydrogen) atoms. The highest BCUT2D eigenvalue weighted by molar-refractivity contribution is 6.34. The second-order valence-corrected chi connectivity index (χ2v) is 8.68. The van der Waals surface area contributed by atoms with E-state index in [2.05, 4.69) is 42.0 Å². The Balaban J connectivity index is 1.36. The average Bonchev–Trinajstić information content (AvgIpc) is 3.28. The number of halogens is 1. The first-order valence-electron chi connectivity index (χ1n) is 11.4. The summed E-state index contributed by atoms with van der Waals surface area (Å²) in [6.07, 6.45) is 12.3. The minimum atomic E-state index is 0.580. The van der Waals surface area contributed by atoms with Gasteiger partial charge < -0.3 is 10.6 Å². The summed E-state index contributed by atoms with van der Waals surface area (Å²) in [6.45, 7) is 4.43. The maximum absolute atomic E-state index is 6.49. The molecule has 0 amide bonds. The first-order chi connectivity index (χ1) is 17.2. The van der Waals surface area contributed by atoms with Crippen LogP contribution >= 0.6 is 11.6 Å². The zero-order valence-corrected chi connectivity index (χ0v) is 20.2. The molecule has 10 heteroatoms. The molecular weight excluding hydrogens is 462 g/mol. The first-order valence-corrected chi connectivity index (χ1v) is 11.7. The van der Waals surface area contributed by atoms with Crippen LogP contribution in [0.25, 0.3) is 22.2 Å². The van der Waals surface area contributed by atoms with E-state index in [4.69, 9.17) is 22.3 Å². The van der Waals surface area contributed by atoms with Crippen LogP contribution in [0, 0.1) is 0 Å². The van der Waals surface area contributed by atoms with Crippen molar-refractivity contribution in [3.05, 3.63) is 77.9 Å². The fourth-order valence-electron chi connectivity index (χ4n) is 4.29. The topological polar surface area (TPSA) is 101 Å². The number of allylic oxidation sites excluding steroid dienone is 1. The number of nitrogens with zero attached hydrogens (tertiary/aromatic N) is 8. The summed E-state index contributed by atoms with van der Waals surface area (Å²) >= 11 is 6.49. The molecule has 0 saturated carbocycles. The summed E-state index contributed by atoms with van der Waals surface area (Å²) in [5, 5.41) is 4.98. The molecule has 1 aliphatic heterocycles. The molecule has 0 radical (unpaired) electrons. The zero-order valence-electron chi connectivity index (χ0n) is 19.4. The number of aliphatic imine (C=N–C) groups is 1. The highest BCUT2D eigenvalue weighted by atomic mass is 35.5. The van der Waals surface area contributed by atoms with Crippen molar-refractivity contribution in [2.75, 3.05) is 38.1 Å². The monoisotopic (exact) mass is 487 g/mol. The third-order valence-corrected chi connectivity index (χ3v) is 6.36. The summed E-state index contributed by atoms with van der Waals surface area (Å²) in [4.78, 5) is 22.2. The minimum Gasteiger partial charge on any atom is -0.404 e. The molecule has 0 spiro atoms. The van der Waals surface area contributed by atoms with Crippen LogP contribution in [0.4, 0.5) is 5.82 Å². The normalized spacial score (nSPS) is 15.4. The largest absolute Gasteiger partial charge is 0.404 e. The molecule has 5 rings (SSSR count). The van der Waals surface area contributed by atoms with E-state index in [-0.39, 0.29) is 0 Å². The summed E-state index contributed by atoms with van der Waals surface area (Å²) in [7, 11) is 1.71. The summed E-state index contributed by atoms with van der Waals surface area (Å²) in [5.41, 5.74) is 10.2. The van der Waals surface area contributed by atoms with E-state index in [1.807, 2.05) is 24.5 Å². The fraction of sp³-hybridized carbons (Fsp3) is 0.240. The van der Waals surface area contributed by atoms with Crippen LogP contribution in [0.5, 0.6) is 0 Å². The molecule has 1 saturated heterocycles. The van der Waals surface area contributed by atoms with Gasteiger partial charge in [0.1, 0.15) is 11.6 Å². The maximum Gasteiger partial charge on any atom is 0.142 e. The Morgan fingerprint density at radius 3 is 2.60 bits per heavy atom. The third kappa shape index (κ3) is 4.87. The summed E-state index contributed by atoms with van der Waals surface area (Å²) in [6, 6.07) is 8.03. The van der Waals surface area contributed by atoms with Crippen LogP contribution < -0.4 is 10.6 Å². The molecular formula is C25H26ClN9. The van der Waals surface area contributed by atoms with Crippen LogP contribution in [0.3, 0.4) is 0 Å². The Morgan fingerprint density at radius 1 is 1.11 bits per heavy atom. The number of fused-ring (bicyclic) bond motifs is 1. The molecule has 4 aromatic rings. The second-order valence-electron chi connectivity index (χ2n) is 8.27. The average molecular weight is 488 g/mol. The van der Waals surface area contributed by atoms with Crippen molar-refractivity contribution in [2.45, 2.75) is 6.54 Å². The lowest BCUT2D eigenvalue weighted by atomic mass is 10.0. The quantitative estimate of drug-likeness (QED) is 0.417. The van der Waals surface area contributed by atoms with Crippen molar-refractivity contribution >= 4 is 34.7 Å². The number of piperazine rings is 1. The fourth-order valence-corrected chi connectivity index (χ4v) is 4.53. The van der Waals surface area contributed by atoms with Gasteiger partial charge in [-0.2, -0.15) is 5.10 Å². The molecule has 0 atom stereocenters. The number of aromatic nitrogens is 5. The molecule has 4 aromatic heterocycles. The molecule has 0 bridgehead atoms. The van der Waals surface area contributed by atoms with E-state index in [0.29, 0.717) is 5.02 Å². The Kier molecular flexibility index (Phi) is 6.69. The van der Waals surface area contributed by atoms with E-state index in [9.17, 15) is 0 Å². The Hall–Kier alpha value is -3.82. The molecule has 0 unspecified atom stereocenters. The highest BCUT2D eigenvalue weighted by Crippen LogP contribution is 2.32. The third-order valence-electron chi connectivity index (χ3n) is 6.09. The molecule has 1 fully saturated rings. The summed E-state index contributed by atoms with van der Waals surface area (Å²) < 4.78 is 1.77. The second kappa shape index (κ2) is 10.2. The highest BCUT2D eigenvalue weighted by Gasteiger charge is 2.19. The lowest BCUT2D eigenvalue weighted by molar-refractivity contribution is 0.243. The van der Waals surface area contributed by atoms with Crippen molar-refractivity contribution in [3.63, 3.8) is 0 Å². The molecule has 5 heterocycles. The number of hydrogen-bond donors (Lipinski definition) is 1. The molecule has 0 aliphatic carbocycles. The van der Waals surface area contributed by atoms with E-state index >= 15 is 0 Å². The number of nitrogens with two attached hydrogens (primary N) is 1. The van der Waals surface area contributed by atoms with E-state index < -0.39 is 0 Å². The van der Waals surface area contributed by atoms with Crippen molar-refractivity contribution in [1.82, 2.24) is 29.5 Å². The summed E-state index contributed by atoms with van der Waals surface area (Å²) in [5.74, 6) is 1.81. The molecule has 2 N–H and O–H groups in total. The smallest absolute Gasteiger partial charge is 0.142 e. The van der Waals surface area contributed by atoms with Gasteiger partial charge in [0, 0.05) is 92.7 Å². The number of anilines is 1. The molecule has 0 aromatic carbocycles. The predicted octanol–water partition coefficient (Wildman–Crippen LogP) is 3.16. The number of rotatable bonds is 6. The maximum atomic E-state index is 6.49. The lowest BCUT2D eigenvalue weighted by Crippen LogP contribution is -2.46. The first kappa shape index (κ1) is 22.9. The van der Waals surface area contributed by atoms with Gasteiger partial charge in [-0.05, 0) is 24.3 Å². The Bertz CT molecular complexity index is 1360. The van der Waals surface area contributed by atoms with Crippen LogP contribution in [-0.4, -0.2) is 68.9 Å². The van der Waals surface area contributed by atoms with Gasteiger partial charge in [0.2, 0.25) is 0 Å². The zero-order chi connectivity index (χ0) is 24.2. The van der Waals surface area contributed by atoms with Gasteiger partial charge in [-0.3, -0.25) is 9.89 Å². The van der Waals surface area contributed by atoms with E-state index in [1.165, 1.54) is 6.20 Å². The molecule has 9 nitrogen and oxygen atoms in total. The van der Waals surface area contributed by atoms with E-state index in [0.717, 1.165) is 72.1 Å². The Labute approximate surface area is 208 Å². The number of hydrogen-bond acceptors (Lipinski definition) is 8. The van der Waals surface area contributed by atoms with Crippen molar-refractivity contribution in [3.8, 4) is 11.1 Å². The standard InChI is InChI=1S/C25H26ClN9/c1-28-13-20(12-27)19-11-21(25-22(26)15-32-35(25)16-19)18-3-4-24(31-14-18)34-9-7-33(8-10-34)17-23-29-5-2-6-30-23/h2-6,11-16H,7-10,17,27H2,1H3. The van der Waals surface area contributed by atoms with Gasteiger partial charge in [0.25, 0.3) is 0 Å².